The number of amides is 1. The first kappa shape index (κ1) is 18.6. The molecule has 0 fully saturated rings. The van der Waals surface area contributed by atoms with Gasteiger partial charge < -0.3 is 4.90 Å². The normalized spacial score (nSPS) is 11.7. The van der Waals surface area contributed by atoms with Gasteiger partial charge in [0.25, 0.3) is 5.91 Å². The predicted octanol–water partition coefficient (Wildman–Crippen LogP) is 3.05. The summed E-state index contributed by atoms with van der Waals surface area (Å²) >= 11 is 1.58. The van der Waals surface area contributed by atoms with Crippen molar-refractivity contribution in [2.75, 3.05) is 20.1 Å². The molecule has 1 aromatic heterocycles. The van der Waals surface area contributed by atoms with E-state index >= 15 is 0 Å². The Morgan fingerprint density at radius 2 is 1.83 bits per heavy atom. The highest BCUT2D eigenvalue weighted by Crippen LogP contribution is 2.19. The molecule has 0 aliphatic carbocycles. The minimum absolute atomic E-state index is 0.154. The number of hydrogen-bond acceptors (Lipinski definition) is 4. The summed E-state index contributed by atoms with van der Waals surface area (Å²) in [7, 11) is -1.85. The zero-order valence-corrected chi connectivity index (χ0v) is 15.7. The molecule has 130 valence electrons. The molecular formula is C17H22N2O3S2. The number of nitrogens with zero attached hydrogens (tertiary/aromatic N) is 2. The van der Waals surface area contributed by atoms with Crippen molar-refractivity contribution in [3.63, 3.8) is 0 Å². The van der Waals surface area contributed by atoms with E-state index in [1.54, 1.807) is 49.3 Å². The Bertz CT molecular complexity index is 782. The third-order valence-corrected chi connectivity index (χ3v) is 6.65. The fourth-order valence-corrected chi connectivity index (χ4v) is 4.69. The largest absolute Gasteiger partial charge is 0.337 e. The highest BCUT2D eigenvalue weighted by atomic mass is 32.2. The molecular weight excluding hydrogens is 344 g/mol. The predicted molar refractivity (Wildman–Crippen MR) is 96.7 cm³/mol. The quantitative estimate of drug-likeness (QED) is 0.757. The van der Waals surface area contributed by atoms with Gasteiger partial charge in [-0.05, 0) is 29.6 Å². The molecule has 0 aliphatic rings. The summed E-state index contributed by atoms with van der Waals surface area (Å²) in [5, 5.41) is 1.96. The van der Waals surface area contributed by atoms with Gasteiger partial charge in [-0.3, -0.25) is 4.79 Å². The third kappa shape index (κ3) is 4.03. The minimum Gasteiger partial charge on any atom is -0.337 e. The number of benzene rings is 1. The minimum atomic E-state index is -3.57. The maximum Gasteiger partial charge on any atom is 0.253 e. The summed E-state index contributed by atoms with van der Waals surface area (Å²) in [5.74, 6) is -0.194. The second-order valence-electron chi connectivity index (χ2n) is 5.36. The first-order chi connectivity index (χ1) is 11.4. The SMILES string of the molecule is CCN(CC)S(=O)(=O)c1cccc(C(=O)N(C)Cc2cccs2)c1. The zero-order valence-electron chi connectivity index (χ0n) is 14.1. The Balaban J connectivity index is 2.25. The van der Waals surface area contributed by atoms with E-state index in [1.807, 2.05) is 17.5 Å². The maximum absolute atomic E-state index is 12.6. The average molecular weight is 367 g/mol. The zero-order chi connectivity index (χ0) is 17.7. The molecule has 1 heterocycles. The number of sulfonamides is 1. The standard InChI is InChI=1S/C17H22N2O3S2/c1-4-19(5-2)24(21,22)16-10-6-8-14(12-16)17(20)18(3)13-15-9-7-11-23-15/h6-12H,4-5,13H2,1-3H3. The van der Waals surface area contributed by atoms with Crippen LogP contribution in [0, 0.1) is 0 Å². The van der Waals surface area contributed by atoms with Crippen LogP contribution in [0.4, 0.5) is 0 Å². The Morgan fingerprint density at radius 1 is 1.12 bits per heavy atom. The van der Waals surface area contributed by atoms with Crippen LogP contribution in [0.2, 0.25) is 0 Å². The number of hydrogen-bond donors (Lipinski definition) is 0. The fourth-order valence-electron chi connectivity index (χ4n) is 2.43. The van der Waals surface area contributed by atoms with Gasteiger partial charge in [-0.1, -0.05) is 26.0 Å². The van der Waals surface area contributed by atoms with Gasteiger partial charge in [0.05, 0.1) is 11.4 Å². The molecule has 5 nitrogen and oxygen atoms in total. The molecule has 0 radical (unpaired) electrons. The summed E-state index contributed by atoms with van der Waals surface area (Å²) < 4.78 is 26.6. The molecule has 2 aromatic rings. The van der Waals surface area contributed by atoms with Crippen LogP contribution in [0.15, 0.2) is 46.7 Å². The molecule has 1 aromatic carbocycles. The smallest absolute Gasteiger partial charge is 0.253 e. The van der Waals surface area contributed by atoms with E-state index in [4.69, 9.17) is 0 Å². The van der Waals surface area contributed by atoms with Gasteiger partial charge in [0.15, 0.2) is 0 Å². The Morgan fingerprint density at radius 3 is 2.42 bits per heavy atom. The lowest BCUT2D eigenvalue weighted by Gasteiger charge is -2.20. The van der Waals surface area contributed by atoms with Crippen LogP contribution in [0.25, 0.3) is 0 Å². The molecule has 0 spiro atoms. The van der Waals surface area contributed by atoms with E-state index in [2.05, 4.69) is 0 Å². The lowest BCUT2D eigenvalue weighted by atomic mass is 10.2. The summed E-state index contributed by atoms with van der Waals surface area (Å²) in [4.78, 5) is 15.4. The first-order valence-corrected chi connectivity index (χ1v) is 10.1. The van der Waals surface area contributed by atoms with E-state index < -0.39 is 10.0 Å². The number of thiophene rings is 1. The average Bonchev–Trinajstić information content (AvgIpc) is 3.08. The first-order valence-electron chi connectivity index (χ1n) is 7.78. The van der Waals surface area contributed by atoms with E-state index in [9.17, 15) is 13.2 Å². The Labute approximate surface area is 147 Å². The molecule has 0 saturated heterocycles. The van der Waals surface area contributed by atoms with Gasteiger partial charge in [-0.15, -0.1) is 11.3 Å². The second-order valence-corrected chi connectivity index (χ2v) is 8.33. The molecule has 1 amide bonds. The van der Waals surface area contributed by atoms with Crippen LogP contribution >= 0.6 is 11.3 Å². The van der Waals surface area contributed by atoms with E-state index in [1.165, 1.54) is 16.4 Å². The van der Waals surface area contributed by atoms with Crippen molar-refractivity contribution in [1.29, 1.82) is 0 Å². The highest BCUT2D eigenvalue weighted by molar-refractivity contribution is 7.89. The molecule has 0 aliphatic heterocycles. The molecule has 0 unspecified atom stereocenters. The molecule has 0 atom stereocenters. The molecule has 24 heavy (non-hydrogen) atoms. The summed E-state index contributed by atoms with van der Waals surface area (Å²) in [6.45, 7) is 4.89. The second kappa shape index (κ2) is 7.92. The van der Waals surface area contributed by atoms with Gasteiger partial charge >= 0.3 is 0 Å². The topological polar surface area (TPSA) is 57.7 Å². The lowest BCUT2D eigenvalue weighted by Crippen LogP contribution is -2.31. The Kier molecular flexibility index (Phi) is 6.15. The van der Waals surface area contributed by atoms with Crippen LogP contribution in [0.5, 0.6) is 0 Å². The molecule has 7 heteroatoms. The maximum atomic E-state index is 12.6. The molecule has 0 saturated carbocycles. The van der Waals surface area contributed by atoms with Crippen molar-refractivity contribution in [3.8, 4) is 0 Å². The van der Waals surface area contributed by atoms with E-state index in [-0.39, 0.29) is 10.8 Å². The van der Waals surface area contributed by atoms with Gasteiger partial charge in [-0.2, -0.15) is 4.31 Å². The molecule has 0 bridgehead atoms. The van der Waals surface area contributed by atoms with Crippen LogP contribution < -0.4 is 0 Å². The van der Waals surface area contributed by atoms with Crippen LogP contribution in [0.3, 0.4) is 0 Å². The number of carbonyl (C=O) groups excluding carboxylic acids is 1. The van der Waals surface area contributed by atoms with Crippen molar-refractivity contribution in [2.45, 2.75) is 25.3 Å². The van der Waals surface area contributed by atoms with Crippen molar-refractivity contribution in [2.24, 2.45) is 0 Å². The highest BCUT2D eigenvalue weighted by Gasteiger charge is 2.23. The lowest BCUT2D eigenvalue weighted by molar-refractivity contribution is 0.0786. The van der Waals surface area contributed by atoms with Crippen LogP contribution in [0.1, 0.15) is 29.1 Å². The summed E-state index contributed by atoms with van der Waals surface area (Å²) in [6.07, 6.45) is 0. The van der Waals surface area contributed by atoms with Gasteiger partial charge in [0.1, 0.15) is 0 Å². The van der Waals surface area contributed by atoms with Crippen molar-refractivity contribution in [1.82, 2.24) is 9.21 Å². The van der Waals surface area contributed by atoms with E-state index in [0.717, 1.165) is 4.88 Å². The van der Waals surface area contributed by atoms with E-state index in [0.29, 0.717) is 25.2 Å². The molecule has 0 N–H and O–H groups in total. The fraction of sp³-hybridized carbons (Fsp3) is 0.353. The van der Waals surface area contributed by atoms with Gasteiger partial charge in [-0.25, -0.2) is 8.42 Å². The van der Waals surface area contributed by atoms with Gasteiger partial charge in [0.2, 0.25) is 10.0 Å². The number of carbonyl (C=O) groups is 1. The van der Waals surface area contributed by atoms with Crippen LogP contribution in [-0.2, 0) is 16.6 Å². The summed E-state index contributed by atoms with van der Waals surface area (Å²) in [6, 6.07) is 10.2. The number of rotatable bonds is 7. The van der Waals surface area contributed by atoms with Gasteiger partial charge in [0, 0.05) is 30.6 Å². The Hall–Kier alpha value is -1.70. The van der Waals surface area contributed by atoms with Crippen molar-refractivity contribution in [3.05, 3.63) is 52.2 Å². The van der Waals surface area contributed by atoms with Crippen molar-refractivity contribution >= 4 is 27.3 Å². The van der Waals surface area contributed by atoms with Crippen LogP contribution in [-0.4, -0.2) is 43.7 Å². The van der Waals surface area contributed by atoms with Crippen molar-refractivity contribution < 1.29 is 13.2 Å². The summed E-state index contributed by atoms with van der Waals surface area (Å²) in [5.41, 5.74) is 0.377. The third-order valence-electron chi connectivity index (χ3n) is 3.74. The molecule has 2 rings (SSSR count). The monoisotopic (exact) mass is 366 g/mol.